The number of nitrogens with two attached hydrogens (primary N) is 1. The van der Waals surface area contributed by atoms with Gasteiger partial charge in [-0.25, -0.2) is 5.84 Å². The number of rotatable bonds is 3. The molecular weight excluding hydrogens is 287 g/mol. The van der Waals surface area contributed by atoms with Crippen LogP contribution in [0.5, 0.6) is 5.75 Å². The minimum absolute atomic E-state index is 0.241. The third kappa shape index (κ3) is 3.93. The fraction of sp³-hybridized carbons (Fsp3) is 0.0769. The second-order valence-corrected chi connectivity index (χ2v) is 4.01. The number of hydrazine groups is 1. The second-order valence-electron chi connectivity index (χ2n) is 4.01. The fourth-order valence-corrected chi connectivity index (χ4v) is 1.65. The summed E-state index contributed by atoms with van der Waals surface area (Å²) in [6, 6.07) is 6.75. The van der Waals surface area contributed by atoms with Crippen molar-refractivity contribution in [1.82, 2.24) is 10.4 Å². The van der Waals surface area contributed by atoms with Crippen molar-refractivity contribution in [2.45, 2.75) is 6.36 Å². The van der Waals surface area contributed by atoms with Gasteiger partial charge in [0, 0.05) is 18.0 Å². The zero-order valence-electron chi connectivity index (χ0n) is 10.5. The molecule has 1 aromatic heterocycles. The third-order valence-electron chi connectivity index (χ3n) is 2.55. The number of hydrogen-bond acceptors (Lipinski definition) is 4. The molecule has 2 aromatic rings. The van der Waals surface area contributed by atoms with Crippen molar-refractivity contribution in [2.75, 3.05) is 0 Å². The number of carbonyl (C=O) groups excluding carboxylic acids is 1. The predicted octanol–water partition coefficient (Wildman–Crippen LogP) is 2.25. The highest BCUT2D eigenvalue weighted by molar-refractivity contribution is 5.94. The summed E-state index contributed by atoms with van der Waals surface area (Å²) in [5, 5.41) is 0. The van der Waals surface area contributed by atoms with Crippen molar-refractivity contribution < 1.29 is 22.7 Å². The van der Waals surface area contributed by atoms with Crippen LogP contribution in [-0.4, -0.2) is 17.3 Å². The Hall–Kier alpha value is -2.61. The van der Waals surface area contributed by atoms with Crippen molar-refractivity contribution in [3.63, 3.8) is 0 Å². The number of benzene rings is 1. The Labute approximate surface area is 117 Å². The van der Waals surface area contributed by atoms with Gasteiger partial charge in [0.2, 0.25) is 0 Å². The minimum Gasteiger partial charge on any atom is -0.406 e. The Morgan fingerprint density at radius 3 is 2.38 bits per heavy atom. The number of nitrogens with one attached hydrogen (secondary N) is 1. The molecule has 110 valence electrons. The summed E-state index contributed by atoms with van der Waals surface area (Å²) >= 11 is 0. The molecule has 0 atom stereocenters. The molecule has 0 saturated heterocycles. The molecule has 3 N–H and O–H groups in total. The topological polar surface area (TPSA) is 77.2 Å². The van der Waals surface area contributed by atoms with Gasteiger partial charge >= 0.3 is 6.36 Å². The number of aromatic nitrogens is 1. The second kappa shape index (κ2) is 5.80. The zero-order valence-corrected chi connectivity index (χ0v) is 10.5. The van der Waals surface area contributed by atoms with Crippen LogP contribution in [0.15, 0.2) is 42.7 Å². The van der Waals surface area contributed by atoms with Crippen LogP contribution >= 0.6 is 0 Å². The van der Waals surface area contributed by atoms with E-state index in [9.17, 15) is 18.0 Å². The maximum Gasteiger partial charge on any atom is 0.573 e. The monoisotopic (exact) mass is 297 g/mol. The highest BCUT2D eigenvalue weighted by atomic mass is 19.4. The fourth-order valence-electron chi connectivity index (χ4n) is 1.65. The average Bonchev–Trinajstić information content (AvgIpc) is 2.45. The minimum atomic E-state index is -4.73. The Bertz CT molecular complexity index is 642. The average molecular weight is 297 g/mol. The van der Waals surface area contributed by atoms with Crippen LogP contribution in [-0.2, 0) is 0 Å². The van der Waals surface area contributed by atoms with Crippen molar-refractivity contribution in [3.05, 3.63) is 48.3 Å². The van der Waals surface area contributed by atoms with Gasteiger partial charge in [0.05, 0.1) is 5.56 Å². The van der Waals surface area contributed by atoms with Crippen LogP contribution < -0.4 is 16.0 Å². The molecule has 0 aliphatic rings. The lowest BCUT2D eigenvalue weighted by Gasteiger charge is -2.09. The molecule has 0 fully saturated rings. The molecule has 1 amide bonds. The Kier molecular flexibility index (Phi) is 4.08. The molecule has 0 aliphatic heterocycles. The summed E-state index contributed by atoms with van der Waals surface area (Å²) in [5.74, 6) is 4.18. The standard InChI is InChI=1S/C13H10F3N3O2/c14-13(15,16)21-11-3-1-8(2-4-11)9-5-10(7-18-6-9)12(20)19-17/h1-7H,17H2,(H,19,20). The molecule has 2 rings (SSSR count). The lowest BCUT2D eigenvalue weighted by molar-refractivity contribution is -0.274. The van der Waals surface area contributed by atoms with Gasteiger partial charge in [-0.2, -0.15) is 0 Å². The predicted molar refractivity (Wildman–Crippen MR) is 68.0 cm³/mol. The highest BCUT2D eigenvalue weighted by Gasteiger charge is 2.30. The summed E-state index contributed by atoms with van der Waals surface area (Å²) in [6.45, 7) is 0. The summed E-state index contributed by atoms with van der Waals surface area (Å²) < 4.78 is 39.9. The van der Waals surface area contributed by atoms with Crippen molar-refractivity contribution in [1.29, 1.82) is 0 Å². The van der Waals surface area contributed by atoms with E-state index in [0.29, 0.717) is 11.1 Å². The first-order valence-corrected chi connectivity index (χ1v) is 5.71. The number of ether oxygens (including phenoxy) is 1. The van der Waals surface area contributed by atoms with Crippen LogP contribution in [0.25, 0.3) is 11.1 Å². The number of hydrogen-bond donors (Lipinski definition) is 2. The van der Waals surface area contributed by atoms with E-state index in [4.69, 9.17) is 5.84 Å². The molecule has 0 aliphatic carbocycles. The van der Waals surface area contributed by atoms with Gasteiger partial charge in [-0.15, -0.1) is 13.2 Å². The van der Waals surface area contributed by atoms with Gasteiger partial charge < -0.3 is 4.74 Å². The largest absolute Gasteiger partial charge is 0.573 e. The zero-order chi connectivity index (χ0) is 15.5. The molecule has 1 aromatic carbocycles. The smallest absolute Gasteiger partial charge is 0.406 e. The maximum atomic E-state index is 12.1. The first kappa shape index (κ1) is 14.8. The molecule has 0 spiro atoms. The molecule has 1 heterocycles. The third-order valence-corrected chi connectivity index (χ3v) is 2.55. The summed E-state index contributed by atoms with van der Waals surface area (Å²) in [6.07, 6.45) is -1.93. The molecule has 0 radical (unpaired) electrons. The van der Waals surface area contributed by atoms with E-state index in [1.54, 1.807) is 0 Å². The number of pyridine rings is 1. The first-order chi connectivity index (χ1) is 9.89. The molecule has 21 heavy (non-hydrogen) atoms. The molecule has 0 saturated carbocycles. The van der Waals surface area contributed by atoms with Gasteiger partial charge in [0.25, 0.3) is 5.91 Å². The van der Waals surface area contributed by atoms with Crippen molar-refractivity contribution in [2.24, 2.45) is 5.84 Å². The molecule has 5 nitrogen and oxygen atoms in total. The summed E-state index contributed by atoms with van der Waals surface area (Å²) in [4.78, 5) is 15.3. The maximum absolute atomic E-state index is 12.1. The van der Waals surface area contributed by atoms with E-state index in [1.165, 1.54) is 42.7 Å². The van der Waals surface area contributed by atoms with Crippen molar-refractivity contribution >= 4 is 5.91 Å². The van der Waals surface area contributed by atoms with Gasteiger partial charge in [-0.05, 0) is 23.8 Å². The van der Waals surface area contributed by atoms with E-state index in [1.807, 2.05) is 5.43 Å². The summed E-state index contributed by atoms with van der Waals surface area (Å²) in [5.41, 5.74) is 3.36. The number of halogens is 3. The lowest BCUT2D eigenvalue weighted by atomic mass is 10.1. The quantitative estimate of drug-likeness (QED) is 0.517. The number of amides is 1. The summed E-state index contributed by atoms with van der Waals surface area (Å²) in [7, 11) is 0. The molecule has 0 unspecified atom stereocenters. The molecule has 8 heteroatoms. The molecule has 0 bridgehead atoms. The van der Waals surface area contributed by atoms with E-state index < -0.39 is 12.3 Å². The van der Waals surface area contributed by atoms with Gasteiger partial charge in [0.1, 0.15) is 5.75 Å². The van der Waals surface area contributed by atoms with E-state index >= 15 is 0 Å². The normalized spacial score (nSPS) is 11.0. The Morgan fingerprint density at radius 2 is 1.81 bits per heavy atom. The van der Waals surface area contributed by atoms with Gasteiger partial charge in [0.15, 0.2) is 0 Å². The Morgan fingerprint density at radius 1 is 1.14 bits per heavy atom. The van der Waals surface area contributed by atoms with E-state index in [0.717, 1.165) is 0 Å². The van der Waals surface area contributed by atoms with Crippen molar-refractivity contribution in [3.8, 4) is 16.9 Å². The lowest BCUT2D eigenvalue weighted by Crippen LogP contribution is -2.30. The van der Waals surface area contributed by atoms with Crippen LogP contribution in [0.2, 0.25) is 0 Å². The first-order valence-electron chi connectivity index (χ1n) is 5.71. The van der Waals surface area contributed by atoms with E-state index in [2.05, 4.69) is 9.72 Å². The number of alkyl halides is 3. The number of nitrogens with zero attached hydrogens (tertiary/aromatic N) is 1. The molecular formula is C13H10F3N3O2. The van der Waals surface area contributed by atoms with Crippen LogP contribution in [0, 0.1) is 0 Å². The van der Waals surface area contributed by atoms with Crippen LogP contribution in [0.4, 0.5) is 13.2 Å². The Balaban J connectivity index is 2.25. The SMILES string of the molecule is NNC(=O)c1cncc(-c2ccc(OC(F)(F)F)cc2)c1. The number of carbonyl (C=O) groups is 1. The van der Waals surface area contributed by atoms with Crippen LogP contribution in [0.3, 0.4) is 0 Å². The van der Waals surface area contributed by atoms with E-state index in [-0.39, 0.29) is 11.3 Å². The number of nitrogen functional groups attached to an aromatic ring is 1. The highest BCUT2D eigenvalue weighted by Crippen LogP contribution is 2.26. The van der Waals surface area contributed by atoms with Gasteiger partial charge in [-0.3, -0.25) is 15.2 Å². The van der Waals surface area contributed by atoms with Gasteiger partial charge in [-0.1, -0.05) is 12.1 Å². The van der Waals surface area contributed by atoms with Crippen LogP contribution in [0.1, 0.15) is 10.4 Å².